The van der Waals surface area contributed by atoms with Gasteiger partial charge in [-0.2, -0.15) is 4.31 Å². The van der Waals surface area contributed by atoms with Gasteiger partial charge in [0, 0.05) is 37.7 Å². The minimum absolute atomic E-state index is 0.00664. The first-order valence-corrected chi connectivity index (χ1v) is 10.1. The molecule has 1 unspecified atom stereocenters. The average Bonchev–Trinajstić information content (AvgIpc) is 2.55. The lowest BCUT2D eigenvalue weighted by Gasteiger charge is -2.20. The predicted octanol–water partition coefficient (Wildman–Crippen LogP) is 2.02. The monoisotopic (exact) mass is 370 g/mol. The Morgan fingerprint density at radius 1 is 1.24 bits per heavy atom. The van der Waals surface area contributed by atoms with Crippen molar-refractivity contribution in [3.8, 4) is 0 Å². The Morgan fingerprint density at radius 2 is 1.84 bits per heavy atom. The van der Waals surface area contributed by atoms with Crippen LogP contribution < -0.4 is 5.32 Å². The number of aryl methyl sites for hydroxylation is 1. The normalized spacial score (nSPS) is 13.3. The van der Waals surface area contributed by atoms with Crippen LogP contribution >= 0.6 is 0 Å². The van der Waals surface area contributed by atoms with Crippen LogP contribution in [0, 0.1) is 18.8 Å². The summed E-state index contributed by atoms with van der Waals surface area (Å²) in [6, 6.07) is 4.61. The minimum atomic E-state index is -3.61. The van der Waals surface area contributed by atoms with Crippen molar-refractivity contribution in [3.05, 3.63) is 29.3 Å². The molecule has 1 aromatic carbocycles. The maximum atomic E-state index is 12.6. The number of benzene rings is 1. The number of carbonyl (C=O) groups excluding carboxylic acids is 1. The molecule has 0 aliphatic heterocycles. The molecule has 0 aromatic heterocycles. The summed E-state index contributed by atoms with van der Waals surface area (Å²) in [6.07, 6.45) is 0. The van der Waals surface area contributed by atoms with E-state index >= 15 is 0 Å². The molecule has 142 valence electrons. The molecule has 1 atom stereocenters. The van der Waals surface area contributed by atoms with E-state index < -0.39 is 10.0 Å². The van der Waals surface area contributed by atoms with E-state index in [0.29, 0.717) is 30.8 Å². The highest BCUT2D eigenvalue weighted by molar-refractivity contribution is 7.89. The number of rotatable bonds is 9. The minimum Gasteiger partial charge on any atom is -0.396 e. The van der Waals surface area contributed by atoms with Gasteiger partial charge in [0.15, 0.2) is 0 Å². The molecular formula is C18H30N2O4S. The van der Waals surface area contributed by atoms with E-state index in [1.54, 1.807) is 26.8 Å². The quantitative estimate of drug-likeness (QED) is 0.696. The van der Waals surface area contributed by atoms with E-state index in [1.165, 1.54) is 16.4 Å². The Bertz CT molecular complexity index is 682. The number of aliphatic hydroxyl groups excluding tert-OH is 1. The summed E-state index contributed by atoms with van der Waals surface area (Å²) in [5, 5.41) is 12.2. The van der Waals surface area contributed by atoms with Gasteiger partial charge in [-0.1, -0.05) is 33.8 Å². The number of hydrogen-bond acceptors (Lipinski definition) is 4. The lowest BCUT2D eigenvalue weighted by Crippen LogP contribution is -2.34. The third kappa shape index (κ3) is 5.26. The summed E-state index contributed by atoms with van der Waals surface area (Å²) < 4.78 is 26.6. The largest absolute Gasteiger partial charge is 0.396 e. The SMILES string of the molecule is CCN(CC)S(=O)(=O)c1ccc(C)c(C(=O)NCC(CO)C(C)C)c1. The second kappa shape index (κ2) is 9.31. The summed E-state index contributed by atoms with van der Waals surface area (Å²) in [4.78, 5) is 12.6. The van der Waals surface area contributed by atoms with E-state index in [0.717, 1.165) is 0 Å². The van der Waals surface area contributed by atoms with E-state index in [1.807, 2.05) is 13.8 Å². The van der Waals surface area contributed by atoms with Crippen molar-refractivity contribution in [2.45, 2.75) is 39.5 Å². The van der Waals surface area contributed by atoms with Crippen molar-refractivity contribution in [2.75, 3.05) is 26.2 Å². The molecule has 1 amide bonds. The van der Waals surface area contributed by atoms with E-state index in [4.69, 9.17) is 0 Å². The number of nitrogens with one attached hydrogen (secondary N) is 1. The van der Waals surface area contributed by atoms with Crippen LogP contribution in [0.3, 0.4) is 0 Å². The molecule has 0 aliphatic carbocycles. The molecule has 0 radical (unpaired) electrons. The Balaban J connectivity index is 3.07. The molecular weight excluding hydrogens is 340 g/mol. The lowest BCUT2D eigenvalue weighted by atomic mass is 9.96. The van der Waals surface area contributed by atoms with Crippen molar-refractivity contribution in [1.29, 1.82) is 0 Å². The summed E-state index contributed by atoms with van der Waals surface area (Å²) in [6.45, 7) is 10.4. The number of sulfonamides is 1. The molecule has 1 rings (SSSR count). The van der Waals surface area contributed by atoms with Crippen LogP contribution in [-0.4, -0.2) is 50.0 Å². The second-order valence-corrected chi connectivity index (χ2v) is 8.40. The van der Waals surface area contributed by atoms with Gasteiger partial charge in [-0.3, -0.25) is 4.79 Å². The van der Waals surface area contributed by atoms with Crippen LogP contribution in [-0.2, 0) is 10.0 Å². The van der Waals surface area contributed by atoms with Crippen LogP contribution in [0.25, 0.3) is 0 Å². The van der Waals surface area contributed by atoms with Crippen LogP contribution in [0.15, 0.2) is 23.1 Å². The zero-order valence-electron chi connectivity index (χ0n) is 15.7. The summed E-state index contributed by atoms with van der Waals surface area (Å²) >= 11 is 0. The second-order valence-electron chi connectivity index (χ2n) is 6.46. The number of nitrogens with zero attached hydrogens (tertiary/aromatic N) is 1. The predicted molar refractivity (Wildman–Crippen MR) is 99.0 cm³/mol. The molecule has 0 heterocycles. The van der Waals surface area contributed by atoms with Gasteiger partial charge in [-0.05, 0) is 30.5 Å². The third-order valence-electron chi connectivity index (χ3n) is 4.50. The van der Waals surface area contributed by atoms with Gasteiger partial charge in [0.2, 0.25) is 10.0 Å². The fraction of sp³-hybridized carbons (Fsp3) is 0.611. The number of carbonyl (C=O) groups is 1. The van der Waals surface area contributed by atoms with E-state index in [9.17, 15) is 18.3 Å². The Hall–Kier alpha value is -1.44. The first-order valence-electron chi connectivity index (χ1n) is 8.68. The molecule has 0 bridgehead atoms. The van der Waals surface area contributed by atoms with Crippen molar-refractivity contribution >= 4 is 15.9 Å². The highest BCUT2D eigenvalue weighted by Crippen LogP contribution is 2.20. The topological polar surface area (TPSA) is 86.7 Å². The smallest absolute Gasteiger partial charge is 0.251 e. The van der Waals surface area contributed by atoms with Crippen LogP contribution in [0.1, 0.15) is 43.6 Å². The maximum Gasteiger partial charge on any atom is 0.251 e. The lowest BCUT2D eigenvalue weighted by molar-refractivity contribution is 0.0930. The zero-order valence-corrected chi connectivity index (χ0v) is 16.6. The van der Waals surface area contributed by atoms with Gasteiger partial charge >= 0.3 is 0 Å². The van der Waals surface area contributed by atoms with Crippen LogP contribution in [0.4, 0.5) is 0 Å². The molecule has 0 aliphatic rings. The van der Waals surface area contributed by atoms with Gasteiger partial charge in [0.25, 0.3) is 5.91 Å². The van der Waals surface area contributed by atoms with Gasteiger partial charge < -0.3 is 10.4 Å². The molecule has 7 heteroatoms. The van der Waals surface area contributed by atoms with E-state index in [-0.39, 0.29) is 29.2 Å². The molecule has 1 aromatic rings. The molecule has 0 saturated heterocycles. The molecule has 0 saturated carbocycles. The molecule has 0 fully saturated rings. The van der Waals surface area contributed by atoms with Gasteiger partial charge in [0.05, 0.1) is 4.90 Å². The number of aliphatic hydroxyl groups is 1. The molecule has 2 N–H and O–H groups in total. The van der Waals surface area contributed by atoms with Crippen molar-refractivity contribution in [2.24, 2.45) is 11.8 Å². The fourth-order valence-electron chi connectivity index (χ4n) is 2.55. The standard InChI is InChI=1S/C18H30N2O4S/c1-6-20(7-2)25(23,24)16-9-8-14(5)17(10-16)18(22)19-11-15(12-21)13(3)4/h8-10,13,15,21H,6-7,11-12H2,1-5H3,(H,19,22). The highest BCUT2D eigenvalue weighted by atomic mass is 32.2. The van der Waals surface area contributed by atoms with E-state index in [2.05, 4.69) is 5.32 Å². The average molecular weight is 371 g/mol. The van der Waals surface area contributed by atoms with Crippen LogP contribution in [0.2, 0.25) is 0 Å². The molecule has 0 spiro atoms. The summed E-state index contributed by atoms with van der Waals surface area (Å²) in [7, 11) is -3.61. The van der Waals surface area contributed by atoms with Crippen molar-refractivity contribution in [3.63, 3.8) is 0 Å². The van der Waals surface area contributed by atoms with Gasteiger partial charge in [0.1, 0.15) is 0 Å². The molecule has 6 nitrogen and oxygen atoms in total. The summed E-state index contributed by atoms with van der Waals surface area (Å²) in [5.74, 6) is -0.124. The number of amides is 1. The molecule has 25 heavy (non-hydrogen) atoms. The Kier molecular flexibility index (Phi) is 8.05. The van der Waals surface area contributed by atoms with Gasteiger partial charge in [-0.15, -0.1) is 0 Å². The highest BCUT2D eigenvalue weighted by Gasteiger charge is 2.23. The summed E-state index contributed by atoms with van der Waals surface area (Å²) in [5.41, 5.74) is 1.05. The fourth-order valence-corrected chi connectivity index (χ4v) is 4.03. The zero-order chi connectivity index (χ0) is 19.2. The number of hydrogen-bond donors (Lipinski definition) is 2. The van der Waals surface area contributed by atoms with Crippen LogP contribution in [0.5, 0.6) is 0 Å². The third-order valence-corrected chi connectivity index (χ3v) is 6.54. The first kappa shape index (κ1) is 21.6. The first-order chi connectivity index (χ1) is 11.7. The van der Waals surface area contributed by atoms with Gasteiger partial charge in [-0.25, -0.2) is 8.42 Å². The Labute approximate surface area is 151 Å². The van der Waals surface area contributed by atoms with Crippen molar-refractivity contribution < 1.29 is 18.3 Å². The maximum absolute atomic E-state index is 12.6. The Morgan fingerprint density at radius 3 is 2.32 bits per heavy atom. The van der Waals surface area contributed by atoms with Crippen molar-refractivity contribution in [1.82, 2.24) is 9.62 Å².